The molecule has 0 unspecified atom stereocenters. The molecule has 0 spiro atoms. The summed E-state index contributed by atoms with van der Waals surface area (Å²) >= 11 is 0. The summed E-state index contributed by atoms with van der Waals surface area (Å²) in [5, 5.41) is 7.53. The minimum absolute atomic E-state index is 0.0538. The van der Waals surface area contributed by atoms with Gasteiger partial charge in [-0.15, -0.1) is 0 Å². The molecule has 6 nitrogen and oxygen atoms in total. The van der Waals surface area contributed by atoms with E-state index in [0.717, 1.165) is 49.6 Å². The molecule has 128 valence electrons. The molecule has 1 aromatic heterocycles. The average Bonchev–Trinajstić information content (AvgIpc) is 2.82. The minimum Gasteiger partial charge on any atom is -0.375 e. The Bertz CT molecular complexity index is 567. The Morgan fingerprint density at radius 2 is 2.13 bits per heavy atom. The predicted molar refractivity (Wildman–Crippen MR) is 89.6 cm³/mol. The number of ether oxygens (including phenoxy) is 1. The Morgan fingerprint density at radius 1 is 1.35 bits per heavy atom. The second-order valence-electron chi connectivity index (χ2n) is 6.64. The number of aromatic nitrogens is 2. The molecule has 0 bridgehead atoms. The summed E-state index contributed by atoms with van der Waals surface area (Å²) < 4.78 is 7.81. The first-order chi connectivity index (χ1) is 11.1. The van der Waals surface area contributed by atoms with Gasteiger partial charge in [0.25, 0.3) is 0 Å². The molecule has 2 fully saturated rings. The van der Waals surface area contributed by atoms with Gasteiger partial charge in [-0.05, 0) is 33.6 Å². The van der Waals surface area contributed by atoms with Crippen molar-refractivity contribution < 1.29 is 9.53 Å². The maximum absolute atomic E-state index is 12.5. The van der Waals surface area contributed by atoms with Crippen molar-refractivity contribution in [3.8, 4) is 0 Å². The van der Waals surface area contributed by atoms with Crippen LogP contribution < -0.4 is 5.32 Å². The first-order valence-electron chi connectivity index (χ1n) is 8.79. The molecule has 2 atom stereocenters. The Balaban J connectivity index is 1.64. The lowest BCUT2D eigenvalue weighted by Gasteiger charge is -2.43. The van der Waals surface area contributed by atoms with Gasteiger partial charge in [-0.2, -0.15) is 5.10 Å². The molecule has 1 aromatic rings. The van der Waals surface area contributed by atoms with E-state index >= 15 is 0 Å². The summed E-state index contributed by atoms with van der Waals surface area (Å²) in [7, 11) is 0. The van der Waals surface area contributed by atoms with Crippen LogP contribution in [0.1, 0.15) is 44.0 Å². The van der Waals surface area contributed by atoms with Gasteiger partial charge in [0, 0.05) is 19.1 Å². The highest BCUT2D eigenvalue weighted by Gasteiger charge is 2.35. The number of nitrogens with zero attached hydrogens (tertiary/aromatic N) is 3. The van der Waals surface area contributed by atoms with E-state index in [1.54, 1.807) is 0 Å². The lowest BCUT2D eigenvalue weighted by atomic mass is 9.90. The number of rotatable bonds is 4. The number of nitrogens with one attached hydrogen (secondary N) is 1. The summed E-state index contributed by atoms with van der Waals surface area (Å²) in [5.41, 5.74) is 2.77. The molecule has 23 heavy (non-hydrogen) atoms. The molecule has 1 aliphatic carbocycles. The van der Waals surface area contributed by atoms with E-state index in [4.69, 9.17) is 4.74 Å². The van der Waals surface area contributed by atoms with Gasteiger partial charge in [0.15, 0.2) is 0 Å². The fourth-order valence-electron chi connectivity index (χ4n) is 3.92. The Labute approximate surface area is 138 Å². The van der Waals surface area contributed by atoms with Gasteiger partial charge < -0.3 is 10.1 Å². The molecule has 1 aliphatic heterocycles. The third-order valence-corrected chi connectivity index (χ3v) is 5.14. The molecule has 2 heterocycles. The summed E-state index contributed by atoms with van der Waals surface area (Å²) in [4.78, 5) is 14.8. The molecule has 1 saturated heterocycles. The number of hydrogen-bond donors (Lipinski definition) is 1. The molecular formula is C17H28N4O2. The van der Waals surface area contributed by atoms with Crippen molar-refractivity contribution in [3.05, 3.63) is 11.4 Å². The summed E-state index contributed by atoms with van der Waals surface area (Å²) in [6, 6.07) is 0.406. The number of aryl methyl sites for hydroxylation is 2. The van der Waals surface area contributed by atoms with Crippen LogP contribution in [-0.2, 0) is 16.1 Å². The van der Waals surface area contributed by atoms with Crippen LogP contribution in [-0.4, -0.2) is 52.4 Å². The minimum atomic E-state index is 0.0538. The Hall–Kier alpha value is -1.40. The third-order valence-electron chi connectivity index (χ3n) is 5.14. The van der Waals surface area contributed by atoms with Crippen molar-refractivity contribution in [2.75, 3.05) is 25.0 Å². The zero-order valence-electron chi connectivity index (χ0n) is 14.5. The van der Waals surface area contributed by atoms with Crippen molar-refractivity contribution >= 4 is 11.6 Å². The van der Waals surface area contributed by atoms with E-state index < -0.39 is 0 Å². The maximum atomic E-state index is 12.5. The van der Waals surface area contributed by atoms with Crippen LogP contribution in [0.15, 0.2) is 0 Å². The second kappa shape index (κ2) is 7.01. The van der Waals surface area contributed by atoms with Gasteiger partial charge >= 0.3 is 0 Å². The van der Waals surface area contributed by atoms with Crippen LogP contribution in [0.5, 0.6) is 0 Å². The number of carbonyl (C=O) groups excluding carboxylic acids is 1. The number of fused-ring (bicyclic) bond motifs is 1. The van der Waals surface area contributed by atoms with Crippen LogP contribution >= 0.6 is 0 Å². The second-order valence-corrected chi connectivity index (χ2v) is 6.64. The maximum Gasteiger partial charge on any atom is 0.238 e. The molecule has 0 radical (unpaired) electrons. The molecule has 0 aromatic carbocycles. The van der Waals surface area contributed by atoms with E-state index in [1.807, 2.05) is 18.5 Å². The Morgan fingerprint density at radius 3 is 2.87 bits per heavy atom. The van der Waals surface area contributed by atoms with Crippen LogP contribution in [0.25, 0.3) is 0 Å². The lowest BCUT2D eigenvalue weighted by Crippen LogP contribution is -2.54. The van der Waals surface area contributed by atoms with E-state index in [-0.39, 0.29) is 5.91 Å². The van der Waals surface area contributed by atoms with Crippen molar-refractivity contribution in [2.24, 2.45) is 0 Å². The van der Waals surface area contributed by atoms with Crippen molar-refractivity contribution in [1.82, 2.24) is 14.7 Å². The SMILES string of the molecule is CCn1nc(C)c(NC(=O)CN2CCO[C@@H]3CCCC[C@H]32)c1C. The Kier molecular flexibility index (Phi) is 5.02. The van der Waals surface area contributed by atoms with E-state index in [1.165, 1.54) is 12.8 Å². The quantitative estimate of drug-likeness (QED) is 0.923. The number of anilines is 1. The summed E-state index contributed by atoms with van der Waals surface area (Å²) in [6.45, 7) is 8.85. The van der Waals surface area contributed by atoms with E-state index in [9.17, 15) is 4.79 Å². The highest BCUT2D eigenvalue weighted by atomic mass is 16.5. The monoisotopic (exact) mass is 320 g/mol. The van der Waals surface area contributed by atoms with Gasteiger partial charge in [-0.25, -0.2) is 0 Å². The predicted octanol–water partition coefficient (Wildman–Crippen LogP) is 2.10. The van der Waals surface area contributed by atoms with Crippen molar-refractivity contribution in [2.45, 2.75) is 65.1 Å². The van der Waals surface area contributed by atoms with Crippen LogP contribution in [0.3, 0.4) is 0 Å². The molecule has 2 aliphatic rings. The standard InChI is InChI=1S/C17H28N4O2/c1-4-21-13(3)17(12(2)19-21)18-16(22)11-20-9-10-23-15-8-6-5-7-14(15)20/h14-15H,4-11H2,1-3H3,(H,18,22)/t14-,15-/m1/s1. The lowest BCUT2D eigenvalue weighted by molar-refractivity contribution is -0.124. The molecule has 1 amide bonds. The topological polar surface area (TPSA) is 59.4 Å². The summed E-state index contributed by atoms with van der Waals surface area (Å²) in [5.74, 6) is 0.0538. The van der Waals surface area contributed by atoms with Crippen molar-refractivity contribution in [3.63, 3.8) is 0 Å². The molecule has 1 N–H and O–H groups in total. The fourth-order valence-corrected chi connectivity index (χ4v) is 3.92. The van der Waals surface area contributed by atoms with Gasteiger partial charge in [-0.1, -0.05) is 12.8 Å². The number of carbonyl (C=O) groups is 1. The zero-order valence-corrected chi connectivity index (χ0v) is 14.5. The van der Waals surface area contributed by atoms with Gasteiger partial charge in [0.05, 0.1) is 36.3 Å². The van der Waals surface area contributed by atoms with Gasteiger partial charge in [-0.3, -0.25) is 14.4 Å². The zero-order chi connectivity index (χ0) is 16.4. The first kappa shape index (κ1) is 16.5. The normalized spacial score (nSPS) is 25.2. The molecular weight excluding hydrogens is 292 g/mol. The van der Waals surface area contributed by atoms with Crippen LogP contribution in [0, 0.1) is 13.8 Å². The number of morpholine rings is 1. The van der Waals surface area contributed by atoms with Gasteiger partial charge in [0.1, 0.15) is 0 Å². The highest BCUT2D eigenvalue weighted by molar-refractivity contribution is 5.93. The molecule has 1 saturated carbocycles. The smallest absolute Gasteiger partial charge is 0.238 e. The first-order valence-corrected chi connectivity index (χ1v) is 8.79. The number of hydrogen-bond acceptors (Lipinski definition) is 4. The third kappa shape index (κ3) is 3.43. The largest absolute Gasteiger partial charge is 0.375 e. The van der Waals surface area contributed by atoms with Crippen LogP contribution in [0.4, 0.5) is 5.69 Å². The van der Waals surface area contributed by atoms with Gasteiger partial charge in [0.2, 0.25) is 5.91 Å². The van der Waals surface area contributed by atoms with E-state index in [0.29, 0.717) is 18.7 Å². The summed E-state index contributed by atoms with van der Waals surface area (Å²) in [6.07, 6.45) is 5.07. The average molecular weight is 320 g/mol. The fraction of sp³-hybridized carbons (Fsp3) is 0.765. The number of amides is 1. The van der Waals surface area contributed by atoms with Crippen LogP contribution in [0.2, 0.25) is 0 Å². The van der Waals surface area contributed by atoms with E-state index in [2.05, 4.69) is 22.2 Å². The molecule has 6 heteroatoms. The molecule has 3 rings (SSSR count). The van der Waals surface area contributed by atoms with Crippen molar-refractivity contribution in [1.29, 1.82) is 0 Å². The highest BCUT2D eigenvalue weighted by Crippen LogP contribution is 2.28.